The Bertz CT molecular complexity index is 797. The number of nitrogens with zero attached hydrogens (tertiary/aromatic N) is 4. The molecule has 2 aromatic heterocycles. The third kappa shape index (κ3) is 4.11. The molecule has 1 amide bonds. The van der Waals surface area contributed by atoms with Crippen LogP contribution in [0.25, 0.3) is 0 Å². The number of halogens is 3. The van der Waals surface area contributed by atoms with E-state index in [-0.39, 0.29) is 24.3 Å². The van der Waals surface area contributed by atoms with Gasteiger partial charge in [0.25, 0.3) is 5.91 Å². The Hall–Kier alpha value is -2.47. The summed E-state index contributed by atoms with van der Waals surface area (Å²) in [5, 5.41) is 25.3. The molecular weight excluding hydrogens is 369 g/mol. The third-order valence-electron chi connectivity index (χ3n) is 4.47. The molecule has 0 spiro atoms. The maximum Gasteiger partial charge on any atom is 0.432 e. The van der Waals surface area contributed by atoms with Crippen LogP contribution in [0.15, 0.2) is 6.07 Å². The predicted octanol–water partition coefficient (Wildman–Crippen LogP) is 0.835. The molecule has 27 heavy (non-hydrogen) atoms. The molecule has 1 saturated carbocycles. The molecule has 2 heterocycles. The molecule has 12 heteroatoms. The number of hydrogen-bond donors (Lipinski definition) is 3. The smallest absolute Gasteiger partial charge is 0.388 e. The van der Waals surface area contributed by atoms with Crippen molar-refractivity contribution in [3.63, 3.8) is 0 Å². The molecular formula is C15H19F3N6O3. The average molecular weight is 388 g/mol. The molecule has 1 fully saturated rings. The number of carbonyl (C=O) groups is 1. The number of aliphatic hydroxyl groups is 1. The van der Waals surface area contributed by atoms with E-state index in [2.05, 4.69) is 20.6 Å². The van der Waals surface area contributed by atoms with Gasteiger partial charge in [-0.3, -0.25) is 9.89 Å². The van der Waals surface area contributed by atoms with E-state index in [9.17, 15) is 23.1 Å². The van der Waals surface area contributed by atoms with E-state index in [4.69, 9.17) is 4.74 Å². The number of carbonyl (C=O) groups excluding carboxylic acids is 1. The Morgan fingerprint density at radius 2 is 2.19 bits per heavy atom. The number of aromatic amines is 1. The molecule has 1 aliphatic rings. The lowest BCUT2D eigenvalue weighted by molar-refractivity contribution is -0.141. The maximum atomic E-state index is 12.6. The van der Waals surface area contributed by atoms with Gasteiger partial charge in [0.2, 0.25) is 0 Å². The summed E-state index contributed by atoms with van der Waals surface area (Å²) in [5.74, 6) is 0.499. The highest BCUT2D eigenvalue weighted by Gasteiger charge is 2.37. The van der Waals surface area contributed by atoms with Crippen LogP contribution in [0.3, 0.4) is 0 Å². The Morgan fingerprint density at radius 1 is 1.44 bits per heavy atom. The van der Waals surface area contributed by atoms with Crippen molar-refractivity contribution in [2.75, 3.05) is 13.7 Å². The number of rotatable bonds is 7. The average Bonchev–Trinajstić information content (AvgIpc) is 3.22. The van der Waals surface area contributed by atoms with Crippen LogP contribution in [-0.4, -0.2) is 55.7 Å². The number of methoxy groups -OCH3 is 1. The number of aliphatic hydroxyl groups excluding tert-OH is 1. The van der Waals surface area contributed by atoms with Gasteiger partial charge in [-0.05, 0) is 12.8 Å². The van der Waals surface area contributed by atoms with Gasteiger partial charge in [-0.15, -0.1) is 10.2 Å². The lowest BCUT2D eigenvalue weighted by Gasteiger charge is -2.35. The quantitative estimate of drug-likeness (QED) is 0.647. The van der Waals surface area contributed by atoms with Crippen molar-refractivity contribution in [1.82, 2.24) is 30.3 Å². The van der Waals surface area contributed by atoms with Crippen molar-refractivity contribution in [2.24, 2.45) is 0 Å². The lowest BCUT2D eigenvalue weighted by Crippen LogP contribution is -2.44. The van der Waals surface area contributed by atoms with E-state index < -0.39 is 17.8 Å². The van der Waals surface area contributed by atoms with Crippen molar-refractivity contribution in [3.8, 4) is 0 Å². The van der Waals surface area contributed by atoms with E-state index >= 15 is 0 Å². The predicted molar refractivity (Wildman–Crippen MR) is 84.6 cm³/mol. The van der Waals surface area contributed by atoms with Crippen LogP contribution in [0.2, 0.25) is 0 Å². The van der Waals surface area contributed by atoms with E-state index in [0.717, 1.165) is 0 Å². The Kier molecular flexibility index (Phi) is 5.46. The molecule has 0 bridgehead atoms. The van der Waals surface area contributed by atoms with Crippen molar-refractivity contribution >= 4 is 5.91 Å². The minimum absolute atomic E-state index is 0.0323. The zero-order valence-corrected chi connectivity index (χ0v) is 14.5. The molecule has 148 valence electrons. The summed E-state index contributed by atoms with van der Waals surface area (Å²) in [5.41, 5.74) is -1.38. The first kappa shape index (κ1) is 19.3. The largest absolute Gasteiger partial charge is 0.432 e. The van der Waals surface area contributed by atoms with Gasteiger partial charge in [0.15, 0.2) is 11.5 Å². The fourth-order valence-corrected chi connectivity index (χ4v) is 2.98. The van der Waals surface area contributed by atoms with Gasteiger partial charge in [0, 0.05) is 31.7 Å². The lowest BCUT2D eigenvalue weighted by atomic mass is 9.79. The van der Waals surface area contributed by atoms with Gasteiger partial charge in [0.05, 0.1) is 6.61 Å². The summed E-state index contributed by atoms with van der Waals surface area (Å²) in [6, 6.07) is 0.485. The van der Waals surface area contributed by atoms with Gasteiger partial charge < -0.3 is 19.7 Å². The molecule has 9 nitrogen and oxygen atoms in total. The molecule has 0 aromatic carbocycles. The van der Waals surface area contributed by atoms with Crippen molar-refractivity contribution < 1.29 is 27.8 Å². The molecule has 3 rings (SSSR count). The third-order valence-corrected chi connectivity index (χ3v) is 4.47. The second-order valence-electron chi connectivity index (χ2n) is 6.28. The standard InChI is InChI=1S/C15H19F3N6O3/c1-27-3-2-24-12(7-25)22-23-13(24)8-4-9(5-8)19-14(26)10-6-11(21-20-10)15(16,17)18/h6,8-9,25H,2-5,7H2,1H3,(H,19,26)(H,20,21). The van der Waals surface area contributed by atoms with Crippen LogP contribution in [0.4, 0.5) is 13.2 Å². The Balaban J connectivity index is 1.58. The minimum Gasteiger partial charge on any atom is -0.388 e. The number of nitrogens with one attached hydrogen (secondary N) is 2. The molecule has 2 aromatic rings. The van der Waals surface area contributed by atoms with Crippen LogP contribution in [0.5, 0.6) is 0 Å². The Labute approximate surface area is 151 Å². The van der Waals surface area contributed by atoms with E-state index in [1.54, 1.807) is 11.7 Å². The first-order chi connectivity index (χ1) is 12.8. The van der Waals surface area contributed by atoms with Gasteiger partial charge in [-0.1, -0.05) is 0 Å². The van der Waals surface area contributed by atoms with Gasteiger partial charge in [0.1, 0.15) is 18.1 Å². The molecule has 0 radical (unpaired) electrons. The van der Waals surface area contributed by atoms with Gasteiger partial charge in [-0.25, -0.2) is 0 Å². The molecule has 0 unspecified atom stereocenters. The SMILES string of the molecule is COCCn1c(CO)nnc1C1CC(NC(=O)c2cc(C(F)(F)F)[nH]n2)C1. The van der Waals surface area contributed by atoms with Crippen LogP contribution >= 0.6 is 0 Å². The van der Waals surface area contributed by atoms with Crippen LogP contribution in [-0.2, 0) is 24.1 Å². The summed E-state index contributed by atoms with van der Waals surface area (Å²) in [7, 11) is 1.57. The van der Waals surface area contributed by atoms with Gasteiger partial charge in [-0.2, -0.15) is 18.3 Å². The van der Waals surface area contributed by atoms with Crippen molar-refractivity contribution in [3.05, 3.63) is 29.1 Å². The number of amides is 1. The second-order valence-corrected chi connectivity index (χ2v) is 6.28. The first-order valence-electron chi connectivity index (χ1n) is 8.28. The van der Waals surface area contributed by atoms with Crippen LogP contribution in [0.1, 0.15) is 46.6 Å². The molecule has 3 N–H and O–H groups in total. The number of alkyl halides is 3. The number of H-pyrrole nitrogens is 1. The van der Waals surface area contributed by atoms with Crippen molar-refractivity contribution in [1.29, 1.82) is 0 Å². The first-order valence-corrected chi connectivity index (χ1v) is 8.28. The summed E-state index contributed by atoms with van der Waals surface area (Å²) in [4.78, 5) is 12.0. The highest BCUT2D eigenvalue weighted by atomic mass is 19.4. The highest BCUT2D eigenvalue weighted by molar-refractivity contribution is 5.92. The van der Waals surface area contributed by atoms with E-state index in [1.807, 2.05) is 5.10 Å². The van der Waals surface area contributed by atoms with E-state index in [0.29, 0.717) is 43.7 Å². The monoisotopic (exact) mass is 388 g/mol. The van der Waals surface area contributed by atoms with E-state index in [1.165, 1.54) is 0 Å². The molecule has 0 aliphatic heterocycles. The Morgan fingerprint density at radius 3 is 2.78 bits per heavy atom. The van der Waals surface area contributed by atoms with Crippen molar-refractivity contribution in [2.45, 2.75) is 44.1 Å². The topological polar surface area (TPSA) is 118 Å². The fraction of sp³-hybridized carbons (Fsp3) is 0.600. The second kappa shape index (κ2) is 7.64. The fourth-order valence-electron chi connectivity index (χ4n) is 2.98. The summed E-state index contributed by atoms with van der Waals surface area (Å²) < 4.78 is 44.5. The zero-order valence-electron chi connectivity index (χ0n) is 14.5. The zero-order chi connectivity index (χ0) is 19.6. The molecule has 1 aliphatic carbocycles. The summed E-state index contributed by atoms with van der Waals surface area (Å²) in [6.07, 6.45) is -3.44. The molecule has 0 saturated heterocycles. The maximum absolute atomic E-state index is 12.6. The number of aromatic nitrogens is 5. The van der Waals surface area contributed by atoms with Crippen LogP contribution < -0.4 is 5.32 Å². The highest BCUT2D eigenvalue weighted by Crippen LogP contribution is 2.36. The summed E-state index contributed by atoms with van der Waals surface area (Å²) >= 11 is 0. The number of ether oxygens (including phenoxy) is 1. The minimum atomic E-state index is -4.58. The number of hydrogen-bond acceptors (Lipinski definition) is 6. The summed E-state index contributed by atoms with van der Waals surface area (Å²) in [6.45, 7) is 0.686. The normalized spacial score (nSPS) is 19.7. The van der Waals surface area contributed by atoms with Gasteiger partial charge >= 0.3 is 6.18 Å². The van der Waals surface area contributed by atoms with Crippen LogP contribution in [0, 0.1) is 0 Å². The molecule has 0 atom stereocenters.